The number of hydrogen-bond acceptors (Lipinski definition) is 2. The standard InChI is InChI=1S/C9H7F3O3.ClH/c10-9(11,12)15-7-4-2-1-3-6(7)5-8(13)14;/h1-4H,5H2,(H,13,14);1H. The molecule has 16 heavy (non-hydrogen) atoms. The number of alkyl halides is 3. The molecule has 0 bridgehead atoms. The lowest BCUT2D eigenvalue weighted by Crippen LogP contribution is -2.18. The van der Waals surface area contributed by atoms with E-state index in [4.69, 9.17) is 5.11 Å². The molecule has 1 aromatic rings. The molecule has 1 rings (SSSR count). The Bertz CT molecular complexity index is 365. The predicted molar refractivity (Wildman–Crippen MR) is 51.7 cm³/mol. The maximum Gasteiger partial charge on any atom is 0.573 e. The highest BCUT2D eigenvalue weighted by Crippen LogP contribution is 2.26. The van der Waals surface area contributed by atoms with Crippen LogP contribution in [0.5, 0.6) is 5.75 Å². The highest BCUT2D eigenvalue weighted by Gasteiger charge is 2.32. The van der Waals surface area contributed by atoms with Crippen LogP contribution in [0.1, 0.15) is 5.56 Å². The van der Waals surface area contributed by atoms with Crippen LogP contribution >= 0.6 is 12.4 Å². The molecule has 1 N–H and O–H groups in total. The minimum Gasteiger partial charge on any atom is -0.481 e. The van der Waals surface area contributed by atoms with Gasteiger partial charge in [-0.25, -0.2) is 0 Å². The maximum atomic E-state index is 11.9. The average molecular weight is 257 g/mol. The van der Waals surface area contributed by atoms with Gasteiger partial charge in [0, 0.05) is 5.56 Å². The summed E-state index contributed by atoms with van der Waals surface area (Å²) in [7, 11) is 0. The van der Waals surface area contributed by atoms with Gasteiger partial charge in [-0.1, -0.05) is 18.2 Å². The third-order valence-corrected chi connectivity index (χ3v) is 1.54. The first-order chi connectivity index (χ1) is 6.88. The highest BCUT2D eigenvalue weighted by atomic mass is 35.5. The summed E-state index contributed by atoms with van der Waals surface area (Å²) in [4.78, 5) is 10.3. The molecule has 0 saturated carbocycles. The van der Waals surface area contributed by atoms with Crippen molar-refractivity contribution < 1.29 is 27.8 Å². The second-order valence-corrected chi connectivity index (χ2v) is 2.73. The van der Waals surface area contributed by atoms with E-state index in [9.17, 15) is 18.0 Å². The van der Waals surface area contributed by atoms with Crippen molar-refractivity contribution in [1.29, 1.82) is 0 Å². The van der Waals surface area contributed by atoms with Gasteiger partial charge in [0.25, 0.3) is 0 Å². The maximum absolute atomic E-state index is 11.9. The third kappa shape index (κ3) is 4.88. The summed E-state index contributed by atoms with van der Waals surface area (Å²) in [6.45, 7) is 0. The van der Waals surface area contributed by atoms with Crippen molar-refractivity contribution in [3.8, 4) is 5.75 Å². The number of hydrogen-bond donors (Lipinski definition) is 1. The first-order valence-electron chi connectivity index (χ1n) is 3.94. The Hall–Kier alpha value is -1.43. The molecule has 0 amide bonds. The lowest BCUT2D eigenvalue weighted by Gasteiger charge is -2.11. The van der Waals surface area contributed by atoms with Crippen molar-refractivity contribution >= 4 is 18.4 Å². The van der Waals surface area contributed by atoms with Crippen LogP contribution in [0.3, 0.4) is 0 Å². The van der Waals surface area contributed by atoms with E-state index in [-0.39, 0.29) is 18.0 Å². The summed E-state index contributed by atoms with van der Waals surface area (Å²) in [5, 5.41) is 8.45. The van der Waals surface area contributed by atoms with E-state index in [1.54, 1.807) is 0 Å². The summed E-state index contributed by atoms with van der Waals surface area (Å²) in [6.07, 6.45) is -5.32. The van der Waals surface area contributed by atoms with Gasteiger partial charge in [-0.3, -0.25) is 4.79 Å². The SMILES string of the molecule is Cl.O=C(O)Cc1ccccc1OC(F)(F)F. The number of ether oxygens (including phenoxy) is 1. The number of aliphatic carboxylic acids is 1. The van der Waals surface area contributed by atoms with Gasteiger partial charge in [-0.05, 0) is 6.07 Å². The van der Waals surface area contributed by atoms with E-state index < -0.39 is 24.5 Å². The smallest absolute Gasteiger partial charge is 0.481 e. The molecule has 90 valence electrons. The molecule has 0 aliphatic rings. The summed E-state index contributed by atoms with van der Waals surface area (Å²) in [5.41, 5.74) is -0.0117. The zero-order valence-electron chi connectivity index (χ0n) is 7.82. The van der Waals surface area contributed by atoms with Crippen LogP contribution in [0.4, 0.5) is 13.2 Å². The van der Waals surface area contributed by atoms with Gasteiger partial charge in [-0.15, -0.1) is 25.6 Å². The van der Waals surface area contributed by atoms with Gasteiger partial charge >= 0.3 is 12.3 Å². The normalized spacial score (nSPS) is 10.4. The predicted octanol–water partition coefficient (Wildman–Crippen LogP) is 2.63. The molecule has 0 radical (unpaired) electrons. The number of carboxylic acid groups (broad SMARTS) is 1. The van der Waals surface area contributed by atoms with E-state index in [1.807, 2.05) is 0 Å². The number of carbonyl (C=O) groups is 1. The second-order valence-electron chi connectivity index (χ2n) is 2.73. The molecule has 3 nitrogen and oxygen atoms in total. The quantitative estimate of drug-likeness (QED) is 0.904. The molecule has 0 aromatic heterocycles. The van der Waals surface area contributed by atoms with Crippen LogP contribution in [0.25, 0.3) is 0 Å². The van der Waals surface area contributed by atoms with Crippen molar-refractivity contribution in [2.45, 2.75) is 12.8 Å². The second kappa shape index (κ2) is 5.60. The van der Waals surface area contributed by atoms with Crippen LogP contribution in [0.15, 0.2) is 24.3 Å². The van der Waals surface area contributed by atoms with Crippen molar-refractivity contribution in [2.24, 2.45) is 0 Å². The zero-order valence-corrected chi connectivity index (χ0v) is 8.64. The van der Waals surface area contributed by atoms with Crippen molar-refractivity contribution in [3.05, 3.63) is 29.8 Å². The molecule has 0 fully saturated rings. The highest BCUT2D eigenvalue weighted by molar-refractivity contribution is 5.85. The molecule has 0 unspecified atom stereocenters. The van der Waals surface area contributed by atoms with Gasteiger partial charge in [-0.2, -0.15) is 0 Å². The largest absolute Gasteiger partial charge is 0.573 e. The molecule has 7 heteroatoms. The Morgan fingerprint density at radius 3 is 2.38 bits per heavy atom. The van der Waals surface area contributed by atoms with Gasteiger partial charge in [0.05, 0.1) is 6.42 Å². The fourth-order valence-electron chi connectivity index (χ4n) is 1.04. The van der Waals surface area contributed by atoms with Crippen LogP contribution in [-0.4, -0.2) is 17.4 Å². The number of para-hydroxylation sites is 1. The van der Waals surface area contributed by atoms with E-state index >= 15 is 0 Å². The molecule has 0 saturated heterocycles. The molecule has 0 atom stereocenters. The van der Waals surface area contributed by atoms with Crippen LogP contribution in [-0.2, 0) is 11.2 Å². The first-order valence-corrected chi connectivity index (χ1v) is 3.94. The summed E-state index contributed by atoms with van der Waals surface area (Å²) in [5.74, 6) is -1.69. The van der Waals surface area contributed by atoms with E-state index in [0.29, 0.717) is 0 Å². The monoisotopic (exact) mass is 256 g/mol. The molecule has 0 aliphatic carbocycles. The summed E-state index contributed by atoms with van der Waals surface area (Å²) < 4.78 is 39.3. The minimum absolute atomic E-state index is 0. The number of rotatable bonds is 3. The number of benzene rings is 1. The Labute approximate surface area is 95.2 Å². The van der Waals surface area contributed by atoms with Gasteiger partial charge < -0.3 is 9.84 Å². The molecule has 0 heterocycles. The Morgan fingerprint density at radius 1 is 1.31 bits per heavy atom. The van der Waals surface area contributed by atoms with Crippen molar-refractivity contribution in [1.82, 2.24) is 0 Å². The molecule has 0 spiro atoms. The Kier molecular flexibility index (Phi) is 5.10. The van der Waals surface area contributed by atoms with E-state index in [1.165, 1.54) is 18.2 Å². The van der Waals surface area contributed by atoms with Gasteiger partial charge in [0.2, 0.25) is 0 Å². The third-order valence-electron chi connectivity index (χ3n) is 1.54. The first kappa shape index (κ1) is 14.6. The topological polar surface area (TPSA) is 46.5 Å². The van der Waals surface area contributed by atoms with E-state index in [2.05, 4.69) is 4.74 Å². The lowest BCUT2D eigenvalue weighted by atomic mass is 10.1. The Balaban J connectivity index is 0.00000225. The van der Waals surface area contributed by atoms with Gasteiger partial charge in [0.1, 0.15) is 5.75 Å². The van der Waals surface area contributed by atoms with Crippen molar-refractivity contribution in [2.75, 3.05) is 0 Å². The fraction of sp³-hybridized carbons (Fsp3) is 0.222. The van der Waals surface area contributed by atoms with Crippen LogP contribution in [0, 0.1) is 0 Å². The van der Waals surface area contributed by atoms with E-state index in [0.717, 1.165) is 6.07 Å². The van der Waals surface area contributed by atoms with Crippen molar-refractivity contribution in [3.63, 3.8) is 0 Å². The summed E-state index contributed by atoms with van der Waals surface area (Å²) in [6, 6.07) is 5.13. The molecular weight excluding hydrogens is 249 g/mol. The van der Waals surface area contributed by atoms with Crippen LogP contribution < -0.4 is 4.74 Å². The van der Waals surface area contributed by atoms with Gasteiger partial charge in [0.15, 0.2) is 0 Å². The number of halogens is 4. The molecule has 1 aromatic carbocycles. The van der Waals surface area contributed by atoms with Crippen LogP contribution in [0.2, 0.25) is 0 Å². The molecule has 0 aliphatic heterocycles. The number of carboxylic acids is 1. The minimum atomic E-state index is -4.81. The lowest BCUT2D eigenvalue weighted by molar-refractivity contribution is -0.274. The fourth-order valence-corrected chi connectivity index (χ4v) is 1.04. The zero-order chi connectivity index (χ0) is 11.5. The molecular formula is C9H8ClF3O3. The average Bonchev–Trinajstić information content (AvgIpc) is 2.05. The Morgan fingerprint density at radius 2 is 1.88 bits per heavy atom. The summed E-state index contributed by atoms with van der Waals surface area (Å²) >= 11 is 0.